The van der Waals surface area contributed by atoms with Crippen LogP contribution < -0.4 is 4.72 Å². The number of fused-ring (bicyclic) bond motifs is 1. The highest BCUT2D eigenvalue weighted by Gasteiger charge is 2.24. The van der Waals surface area contributed by atoms with E-state index in [0.29, 0.717) is 5.69 Å². The quantitative estimate of drug-likeness (QED) is 0.488. The molecule has 0 spiro atoms. The largest absolute Gasteiger partial charge is 0.263 e. The van der Waals surface area contributed by atoms with Crippen molar-refractivity contribution in [3.05, 3.63) is 77.9 Å². The number of hydrogen-bond acceptors (Lipinski definition) is 4. The lowest BCUT2D eigenvalue weighted by molar-refractivity contribution is 0.571. The van der Waals surface area contributed by atoms with Gasteiger partial charge in [-0.3, -0.25) is 9.71 Å². The molecule has 31 heavy (non-hydrogen) atoms. The van der Waals surface area contributed by atoms with E-state index in [0.717, 1.165) is 16.6 Å². The molecular weight excluding hydrogens is 415 g/mol. The van der Waals surface area contributed by atoms with E-state index >= 15 is 0 Å². The number of sulfonamides is 1. The zero-order valence-electron chi connectivity index (χ0n) is 17.7. The van der Waals surface area contributed by atoms with Crippen molar-refractivity contribution >= 4 is 26.7 Å². The zero-order chi connectivity index (χ0) is 22.4. The predicted molar refractivity (Wildman–Crippen MR) is 120 cm³/mol. The van der Waals surface area contributed by atoms with Gasteiger partial charge in [-0.05, 0) is 43.3 Å². The Hall–Kier alpha value is -3.26. The van der Waals surface area contributed by atoms with E-state index in [-0.39, 0.29) is 21.8 Å². The SMILES string of the molecule is Cc1nn(-c2cccc3nc(C(C)(C)C)ccc23)c(NS(=O)(=O)c2ccccc2)c1F. The molecule has 0 radical (unpaired) electrons. The second-order valence-corrected chi connectivity index (χ2v) is 10.1. The van der Waals surface area contributed by atoms with Crippen LogP contribution in [0.1, 0.15) is 32.2 Å². The number of aryl methyl sites for hydroxylation is 1. The average Bonchev–Trinajstić information content (AvgIpc) is 3.00. The summed E-state index contributed by atoms with van der Waals surface area (Å²) in [7, 11) is -4.00. The zero-order valence-corrected chi connectivity index (χ0v) is 18.5. The minimum atomic E-state index is -4.00. The maximum Gasteiger partial charge on any atom is 0.263 e. The average molecular weight is 439 g/mol. The number of rotatable bonds is 4. The Balaban J connectivity index is 1.87. The minimum Gasteiger partial charge on any atom is -0.261 e. The van der Waals surface area contributed by atoms with Crippen LogP contribution >= 0.6 is 0 Å². The second-order valence-electron chi connectivity index (χ2n) is 8.37. The summed E-state index contributed by atoms with van der Waals surface area (Å²) in [6, 6.07) is 17.1. The van der Waals surface area contributed by atoms with Crippen LogP contribution in [-0.2, 0) is 15.4 Å². The summed E-state index contributed by atoms with van der Waals surface area (Å²) < 4.78 is 44.3. The first kappa shape index (κ1) is 21.0. The fourth-order valence-corrected chi connectivity index (χ4v) is 4.36. The molecule has 4 aromatic rings. The molecule has 8 heteroatoms. The number of pyridine rings is 1. The van der Waals surface area contributed by atoms with Crippen LogP contribution in [0.4, 0.5) is 10.2 Å². The molecule has 0 fully saturated rings. The fourth-order valence-electron chi connectivity index (χ4n) is 3.30. The Morgan fingerprint density at radius 2 is 1.68 bits per heavy atom. The van der Waals surface area contributed by atoms with Crippen LogP contribution in [0.25, 0.3) is 16.6 Å². The van der Waals surface area contributed by atoms with Gasteiger partial charge in [-0.2, -0.15) is 5.10 Å². The van der Waals surface area contributed by atoms with E-state index in [2.05, 4.69) is 30.6 Å². The number of halogens is 1. The minimum absolute atomic E-state index is 0.0363. The maximum atomic E-state index is 14.9. The second kappa shape index (κ2) is 7.46. The van der Waals surface area contributed by atoms with Crippen LogP contribution in [0, 0.1) is 12.7 Å². The van der Waals surface area contributed by atoms with Gasteiger partial charge in [0.1, 0.15) is 0 Å². The summed E-state index contributed by atoms with van der Waals surface area (Å²) in [5.41, 5.74) is 2.13. The van der Waals surface area contributed by atoms with E-state index in [1.807, 2.05) is 18.2 Å². The first-order chi connectivity index (χ1) is 14.6. The highest BCUT2D eigenvalue weighted by molar-refractivity contribution is 7.92. The van der Waals surface area contributed by atoms with Crippen molar-refractivity contribution in [1.29, 1.82) is 0 Å². The molecule has 2 heterocycles. The number of nitrogens with zero attached hydrogens (tertiary/aromatic N) is 3. The molecule has 2 aromatic carbocycles. The summed E-state index contributed by atoms with van der Waals surface area (Å²) in [4.78, 5) is 4.78. The third-order valence-corrected chi connectivity index (χ3v) is 6.33. The van der Waals surface area contributed by atoms with Gasteiger partial charge < -0.3 is 0 Å². The summed E-state index contributed by atoms with van der Waals surface area (Å²) in [5.74, 6) is -0.968. The molecular formula is C23H23FN4O2S. The van der Waals surface area contributed by atoms with E-state index in [4.69, 9.17) is 4.98 Å². The van der Waals surface area contributed by atoms with Crippen molar-refractivity contribution in [1.82, 2.24) is 14.8 Å². The third-order valence-electron chi connectivity index (χ3n) is 4.98. The molecule has 4 rings (SSSR count). The lowest BCUT2D eigenvalue weighted by Crippen LogP contribution is -2.17. The maximum absolute atomic E-state index is 14.9. The highest BCUT2D eigenvalue weighted by atomic mass is 32.2. The van der Waals surface area contributed by atoms with Crippen molar-refractivity contribution in [2.24, 2.45) is 0 Å². The molecule has 0 aliphatic carbocycles. The summed E-state index contributed by atoms with van der Waals surface area (Å²) in [6.07, 6.45) is 0. The van der Waals surface area contributed by atoms with Gasteiger partial charge in [-0.25, -0.2) is 17.5 Å². The first-order valence-corrected chi connectivity index (χ1v) is 11.3. The monoisotopic (exact) mass is 438 g/mol. The van der Waals surface area contributed by atoms with Crippen LogP contribution in [0.2, 0.25) is 0 Å². The molecule has 6 nitrogen and oxygen atoms in total. The Labute approximate surface area is 180 Å². The van der Waals surface area contributed by atoms with Gasteiger partial charge in [0.25, 0.3) is 10.0 Å². The highest BCUT2D eigenvalue weighted by Crippen LogP contribution is 2.30. The molecule has 0 atom stereocenters. The molecule has 0 amide bonds. The molecule has 160 valence electrons. The summed E-state index contributed by atoms with van der Waals surface area (Å²) in [6.45, 7) is 7.72. The van der Waals surface area contributed by atoms with Crippen molar-refractivity contribution in [2.75, 3.05) is 4.72 Å². The number of nitrogens with one attached hydrogen (secondary N) is 1. The van der Waals surface area contributed by atoms with Crippen LogP contribution in [0.3, 0.4) is 0 Å². The van der Waals surface area contributed by atoms with Gasteiger partial charge in [-0.15, -0.1) is 0 Å². The number of aromatic nitrogens is 3. The van der Waals surface area contributed by atoms with E-state index < -0.39 is 15.8 Å². The fraction of sp³-hybridized carbons (Fsp3) is 0.217. The molecule has 0 aliphatic heterocycles. The standard InChI is InChI=1S/C23H23FN4O2S/c1-15-21(24)22(27-31(29,30)16-9-6-5-7-10-16)28(26-15)19-12-8-11-18-17(19)13-14-20(25-18)23(2,3)4/h5-14,27H,1-4H3. The normalized spacial score (nSPS) is 12.3. The lowest BCUT2D eigenvalue weighted by Gasteiger charge is -2.19. The smallest absolute Gasteiger partial charge is 0.261 e. The molecule has 2 aromatic heterocycles. The summed E-state index contributed by atoms with van der Waals surface area (Å²) in [5, 5.41) is 5.00. The molecule has 0 bridgehead atoms. The predicted octanol–water partition coefficient (Wildman–Crippen LogP) is 4.97. The Bertz CT molecular complexity index is 1370. The summed E-state index contributed by atoms with van der Waals surface area (Å²) >= 11 is 0. The van der Waals surface area contributed by atoms with E-state index in [1.165, 1.54) is 23.7 Å². The van der Waals surface area contributed by atoms with Crippen molar-refractivity contribution in [3.8, 4) is 5.69 Å². The third kappa shape index (κ3) is 3.90. The van der Waals surface area contributed by atoms with Gasteiger partial charge in [-0.1, -0.05) is 45.0 Å². The molecule has 1 N–H and O–H groups in total. The van der Waals surface area contributed by atoms with Crippen LogP contribution in [0.5, 0.6) is 0 Å². The van der Waals surface area contributed by atoms with Crippen molar-refractivity contribution < 1.29 is 12.8 Å². The Morgan fingerprint density at radius 1 is 0.968 bits per heavy atom. The number of anilines is 1. The Kier molecular flexibility index (Phi) is 5.05. The Morgan fingerprint density at radius 3 is 2.35 bits per heavy atom. The van der Waals surface area contributed by atoms with E-state index in [9.17, 15) is 12.8 Å². The van der Waals surface area contributed by atoms with Crippen molar-refractivity contribution in [3.63, 3.8) is 0 Å². The molecule has 0 saturated carbocycles. The van der Waals surface area contributed by atoms with Gasteiger partial charge >= 0.3 is 0 Å². The molecule has 0 aliphatic rings. The molecule has 0 saturated heterocycles. The van der Waals surface area contributed by atoms with Crippen LogP contribution in [0.15, 0.2) is 65.6 Å². The topological polar surface area (TPSA) is 76.9 Å². The van der Waals surface area contributed by atoms with Gasteiger partial charge in [0, 0.05) is 16.5 Å². The van der Waals surface area contributed by atoms with Crippen molar-refractivity contribution in [2.45, 2.75) is 38.0 Å². The first-order valence-electron chi connectivity index (χ1n) is 9.81. The lowest BCUT2D eigenvalue weighted by atomic mass is 9.91. The van der Waals surface area contributed by atoms with E-state index in [1.54, 1.807) is 30.3 Å². The number of hydrogen-bond donors (Lipinski definition) is 1. The van der Waals surface area contributed by atoms with Gasteiger partial charge in [0.15, 0.2) is 11.6 Å². The molecule has 0 unspecified atom stereocenters. The van der Waals surface area contributed by atoms with Gasteiger partial charge in [0.2, 0.25) is 0 Å². The van der Waals surface area contributed by atoms with Crippen LogP contribution in [-0.4, -0.2) is 23.2 Å². The van der Waals surface area contributed by atoms with Gasteiger partial charge in [0.05, 0.1) is 21.8 Å². The number of benzene rings is 2.